The molecule has 0 N–H and O–H groups in total. The maximum Gasteiger partial charge on any atom is 0.195 e. The minimum Gasteiger partial charge on any atom is -0.289 e. The van der Waals surface area contributed by atoms with Crippen LogP contribution in [0.15, 0.2) is 84.9 Å². The molecule has 4 aromatic rings. The molecule has 0 aliphatic heterocycles. The molecule has 0 unspecified atom stereocenters. The molecular formula is C27H20ClNO2. The quantitative estimate of drug-likeness (QED) is 0.344. The second-order valence-corrected chi connectivity index (χ2v) is 7.75. The Morgan fingerprint density at radius 3 is 1.68 bits per heavy atom. The molecule has 3 nitrogen and oxygen atoms in total. The van der Waals surface area contributed by atoms with Crippen molar-refractivity contribution in [3.8, 4) is 11.3 Å². The second-order valence-electron chi connectivity index (χ2n) is 7.32. The van der Waals surface area contributed by atoms with Gasteiger partial charge in [-0.3, -0.25) is 14.6 Å². The third kappa shape index (κ3) is 4.05. The molecule has 4 rings (SSSR count). The number of rotatable bonds is 5. The molecule has 152 valence electrons. The zero-order chi connectivity index (χ0) is 22.0. The predicted molar refractivity (Wildman–Crippen MR) is 124 cm³/mol. The molecule has 0 saturated carbocycles. The first-order valence-corrected chi connectivity index (χ1v) is 10.3. The molecule has 0 aliphatic rings. The van der Waals surface area contributed by atoms with Crippen LogP contribution in [0.1, 0.15) is 43.1 Å². The van der Waals surface area contributed by atoms with Gasteiger partial charge in [0.2, 0.25) is 0 Å². The number of halogens is 1. The summed E-state index contributed by atoms with van der Waals surface area (Å²) >= 11 is 6.06. The highest BCUT2D eigenvalue weighted by Gasteiger charge is 2.26. The molecule has 3 aromatic carbocycles. The van der Waals surface area contributed by atoms with Crippen LogP contribution < -0.4 is 0 Å². The van der Waals surface area contributed by atoms with Crippen molar-refractivity contribution in [2.75, 3.05) is 0 Å². The van der Waals surface area contributed by atoms with Gasteiger partial charge in [0.05, 0.1) is 11.3 Å². The Balaban J connectivity index is 1.97. The number of ketones is 2. The van der Waals surface area contributed by atoms with E-state index >= 15 is 0 Å². The van der Waals surface area contributed by atoms with E-state index in [0.29, 0.717) is 44.2 Å². The van der Waals surface area contributed by atoms with Crippen molar-refractivity contribution in [1.29, 1.82) is 0 Å². The van der Waals surface area contributed by atoms with Crippen LogP contribution in [-0.4, -0.2) is 16.6 Å². The van der Waals surface area contributed by atoms with Gasteiger partial charge in [0.1, 0.15) is 0 Å². The number of hydrogen-bond donors (Lipinski definition) is 0. The fraction of sp³-hybridized carbons (Fsp3) is 0.0741. The maximum absolute atomic E-state index is 13.6. The van der Waals surface area contributed by atoms with Crippen LogP contribution in [0.3, 0.4) is 0 Å². The lowest BCUT2D eigenvalue weighted by Gasteiger charge is -2.17. The van der Waals surface area contributed by atoms with Crippen molar-refractivity contribution >= 4 is 23.2 Å². The van der Waals surface area contributed by atoms with Crippen molar-refractivity contribution in [2.45, 2.75) is 13.8 Å². The third-order valence-corrected chi connectivity index (χ3v) is 5.52. The molecule has 4 heteroatoms. The van der Waals surface area contributed by atoms with E-state index in [9.17, 15) is 9.59 Å². The average Bonchev–Trinajstić information content (AvgIpc) is 2.80. The SMILES string of the molecule is Cc1nc(-c2ccc(Cl)cc2)c(C(=O)c2ccccc2)c(C)c1C(=O)c1ccccc1. The van der Waals surface area contributed by atoms with Gasteiger partial charge in [0, 0.05) is 33.0 Å². The number of benzene rings is 3. The molecule has 0 bridgehead atoms. The van der Waals surface area contributed by atoms with Gasteiger partial charge in [0.25, 0.3) is 0 Å². The monoisotopic (exact) mass is 425 g/mol. The topological polar surface area (TPSA) is 47.0 Å². The van der Waals surface area contributed by atoms with Crippen LogP contribution in [0, 0.1) is 13.8 Å². The fourth-order valence-electron chi connectivity index (χ4n) is 3.75. The van der Waals surface area contributed by atoms with Crippen LogP contribution in [0.2, 0.25) is 5.02 Å². The molecule has 0 radical (unpaired) electrons. The first kappa shape index (κ1) is 20.7. The van der Waals surface area contributed by atoms with Crippen LogP contribution in [0.5, 0.6) is 0 Å². The molecule has 31 heavy (non-hydrogen) atoms. The Labute approximate surface area is 186 Å². The van der Waals surface area contributed by atoms with Crippen LogP contribution >= 0.6 is 11.6 Å². The second kappa shape index (κ2) is 8.66. The van der Waals surface area contributed by atoms with Gasteiger partial charge in [-0.25, -0.2) is 0 Å². The number of carbonyl (C=O) groups excluding carboxylic acids is 2. The van der Waals surface area contributed by atoms with Gasteiger partial charge < -0.3 is 0 Å². The summed E-state index contributed by atoms with van der Waals surface area (Å²) in [5, 5.41) is 0.601. The lowest BCUT2D eigenvalue weighted by atomic mass is 9.88. The van der Waals surface area contributed by atoms with Gasteiger partial charge in [0.15, 0.2) is 11.6 Å². The molecule has 0 amide bonds. The number of hydrogen-bond acceptors (Lipinski definition) is 3. The Hall–Kier alpha value is -3.56. The van der Waals surface area contributed by atoms with Gasteiger partial charge in [-0.2, -0.15) is 0 Å². The van der Waals surface area contributed by atoms with E-state index in [4.69, 9.17) is 16.6 Å². The van der Waals surface area contributed by atoms with E-state index in [0.717, 1.165) is 5.56 Å². The predicted octanol–water partition coefficient (Wildman–Crippen LogP) is 6.48. The first-order valence-electron chi connectivity index (χ1n) is 9.94. The Bertz CT molecular complexity index is 1260. The van der Waals surface area contributed by atoms with Crippen molar-refractivity contribution < 1.29 is 9.59 Å². The third-order valence-electron chi connectivity index (χ3n) is 5.27. The molecule has 0 fully saturated rings. The number of carbonyl (C=O) groups is 2. The van der Waals surface area contributed by atoms with Crippen molar-refractivity contribution in [3.63, 3.8) is 0 Å². The maximum atomic E-state index is 13.6. The summed E-state index contributed by atoms with van der Waals surface area (Å²) < 4.78 is 0. The average molecular weight is 426 g/mol. The van der Waals surface area contributed by atoms with Gasteiger partial charge >= 0.3 is 0 Å². The lowest BCUT2D eigenvalue weighted by molar-refractivity contribution is 0.103. The van der Waals surface area contributed by atoms with Gasteiger partial charge in [-0.1, -0.05) is 84.4 Å². The lowest BCUT2D eigenvalue weighted by Crippen LogP contribution is -2.15. The summed E-state index contributed by atoms with van der Waals surface area (Å²) in [7, 11) is 0. The normalized spacial score (nSPS) is 10.7. The number of nitrogens with zero attached hydrogens (tertiary/aromatic N) is 1. The summed E-state index contributed by atoms with van der Waals surface area (Å²) in [6.45, 7) is 3.62. The number of aryl methyl sites for hydroxylation is 1. The Morgan fingerprint density at radius 2 is 1.16 bits per heavy atom. The zero-order valence-corrected chi connectivity index (χ0v) is 18.0. The largest absolute Gasteiger partial charge is 0.289 e. The van der Waals surface area contributed by atoms with Crippen molar-refractivity contribution in [3.05, 3.63) is 123 Å². The molecule has 0 saturated heterocycles. The molecule has 0 atom stereocenters. The summed E-state index contributed by atoms with van der Waals surface area (Å²) in [5.74, 6) is -0.314. The Morgan fingerprint density at radius 1 is 0.677 bits per heavy atom. The highest BCUT2D eigenvalue weighted by molar-refractivity contribution is 6.30. The number of pyridine rings is 1. The van der Waals surface area contributed by atoms with E-state index < -0.39 is 0 Å². The summed E-state index contributed by atoms with van der Waals surface area (Å²) in [6, 6.07) is 25.3. The summed E-state index contributed by atoms with van der Waals surface area (Å²) in [6.07, 6.45) is 0. The van der Waals surface area contributed by atoms with E-state index in [1.165, 1.54) is 0 Å². The van der Waals surface area contributed by atoms with Crippen molar-refractivity contribution in [2.24, 2.45) is 0 Å². The van der Waals surface area contributed by atoms with E-state index in [1.54, 1.807) is 43.3 Å². The molecular weight excluding hydrogens is 406 g/mol. The van der Waals surface area contributed by atoms with Crippen molar-refractivity contribution in [1.82, 2.24) is 4.98 Å². The highest BCUT2D eigenvalue weighted by atomic mass is 35.5. The highest BCUT2D eigenvalue weighted by Crippen LogP contribution is 2.32. The first-order chi connectivity index (χ1) is 15.0. The Kier molecular flexibility index (Phi) is 5.79. The molecule has 1 aromatic heterocycles. The minimum atomic E-state index is -0.169. The smallest absolute Gasteiger partial charge is 0.195 e. The summed E-state index contributed by atoms with van der Waals surface area (Å²) in [4.78, 5) is 31.6. The zero-order valence-electron chi connectivity index (χ0n) is 17.2. The van der Waals surface area contributed by atoms with Crippen LogP contribution in [-0.2, 0) is 0 Å². The van der Waals surface area contributed by atoms with E-state index in [-0.39, 0.29) is 11.6 Å². The standard InChI is InChI=1S/C27H20ClNO2/c1-17-23(26(30)20-9-5-3-6-10-20)18(2)29-25(19-13-15-22(28)16-14-19)24(17)27(31)21-11-7-4-8-12-21/h3-16H,1-2H3. The van der Waals surface area contributed by atoms with Gasteiger partial charge in [-0.15, -0.1) is 0 Å². The minimum absolute atomic E-state index is 0.145. The summed E-state index contributed by atoms with van der Waals surface area (Å²) in [5.41, 5.74) is 4.53. The van der Waals surface area contributed by atoms with Crippen LogP contribution in [0.25, 0.3) is 11.3 Å². The van der Waals surface area contributed by atoms with Gasteiger partial charge in [-0.05, 0) is 31.5 Å². The molecule has 1 heterocycles. The van der Waals surface area contributed by atoms with E-state index in [2.05, 4.69) is 0 Å². The fourth-order valence-corrected chi connectivity index (χ4v) is 3.88. The van der Waals surface area contributed by atoms with Crippen LogP contribution in [0.4, 0.5) is 0 Å². The molecule has 0 spiro atoms. The molecule has 0 aliphatic carbocycles. The number of aromatic nitrogens is 1. The van der Waals surface area contributed by atoms with E-state index in [1.807, 2.05) is 55.5 Å².